The average molecular weight is 412 g/mol. The number of carbonyl (C=O) groups is 1. The predicted molar refractivity (Wildman–Crippen MR) is 107 cm³/mol. The molecule has 0 aliphatic carbocycles. The quantitative estimate of drug-likeness (QED) is 0.454. The Hall–Kier alpha value is -2.33. The molecule has 1 aliphatic rings. The summed E-state index contributed by atoms with van der Waals surface area (Å²) in [5.41, 5.74) is 6.82. The Bertz CT molecular complexity index is 772. The Kier molecular flexibility index (Phi) is 8.06. The van der Waals surface area contributed by atoms with Gasteiger partial charge in [0.25, 0.3) is 0 Å². The van der Waals surface area contributed by atoms with Crippen molar-refractivity contribution in [3.63, 3.8) is 0 Å². The number of sulfonamides is 1. The van der Waals surface area contributed by atoms with Crippen LogP contribution in [0.1, 0.15) is 32.3 Å². The standard InChI is InChI=1S/C18H29N5O4S/c1-3-21-28(25,26)16-7-5-14(6-8-16)13-20-17(19)22-15-9-11-23(12-10-15)18(24)27-4-2/h5-8,15,21H,3-4,9-13H2,1-2H3,(H3,19,20,22). The van der Waals surface area contributed by atoms with E-state index in [4.69, 9.17) is 10.5 Å². The Labute approximate surface area is 166 Å². The largest absolute Gasteiger partial charge is 0.450 e. The van der Waals surface area contributed by atoms with E-state index >= 15 is 0 Å². The maximum atomic E-state index is 11.9. The number of likely N-dealkylation sites (tertiary alicyclic amines) is 1. The van der Waals surface area contributed by atoms with Crippen LogP contribution in [0.3, 0.4) is 0 Å². The minimum Gasteiger partial charge on any atom is -0.450 e. The fraction of sp³-hybridized carbons (Fsp3) is 0.556. The summed E-state index contributed by atoms with van der Waals surface area (Å²) in [7, 11) is -3.45. The molecule has 0 unspecified atom stereocenters. The van der Waals surface area contributed by atoms with Gasteiger partial charge < -0.3 is 20.7 Å². The summed E-state index contributed by atoms with van der Waals surface area (Å²) in [5.74, 6) is 0.332. The normalized spacial score (nSPS) is 16.1. The highest BCUT2D eigenvalue weighted by atomic mass is 32.2. The zero-order chi connectivity index (χ0) is 20.6. The van der Waals surface area contributed by atoms with Gasteiger partial charge in [-0.3, -0.25) is 0 Å². The number of benzene rings is 1. The van der Waals surface area contributed by atoms with Crippen LogP contribution in [-0.2, 0) is 21.3 Å². The molecule has 0 aromatic heterocycles. The van der Waals surface area contributed by atoms with Crippen LogP contribution in [0, 0.1) is 0 Å². The van der Waals surface area contributed by atoms with E-state index in [1.165, 1.54) is 0 Å². The van der Waals surface area contributed by atoms with Gasteiger partial charge in [0, 0.05) is 25.7 Å². The van der Waals surface area contributed by atoms with E-state index in [1.54, 1.807) is 43.0 Å². The molecule has 156 valence electrons. The zero-order valence-electron chi connectivity index (χ0n) is 16.3. The van der Waals surface area contributed by atoms with Crippen LogP contribution in [0.25, 0.3) is 0 Å². The Morgan fingerprint density at radius 2 is 1.89 bits per heavy atom. The molecule has 1 amide bonds. The number of guanidine groups is 1. The van der Waals surface area contributed by atoms with E-state index in [1.807, 2.05) is 0 Å². The van der Waals surface area contributed by atoms with Crippen LogP contribution in [-0.4, -0.2) is 57.7 Å². The molecule has 0 atom stereocenters. The van der Waals surface area contributed by atoms with Gasteiger partial charge in [-0.1, -0.05) is 19.1 Å². The van der Waals surface area contributed by atoms with E-state index in [0.717, 1.165) is 18.4 Å². The smallest absolute Gasteiger partial charge is 0.409 e. The summed E-state index contributed by atoms with van der Waals surface area (Å²) in [6.45, 7) is 5.82. The van der Waals surface area contributed by atoms with Crippen LogP contribution in [0.4, 0.5) is 4.79 Å². The summed E-state index contributed by atoms with van der Waals surface area (Å²) in [4.78, 5) is 17.9. The molecular formula is C18H29N5O4S. The van der Waals surface area contributed by atoms with Gasteiger partial charge >= 0.3 is 6.09 Å². The number of carbonyl (C=O) groups excluding carboxylic acids is 1. The van der Waals surface area contributed by atoms with Crippen LogP contribution >= 0.6 is 0 Å². The highest BCUT2D eigenvalue weighted by molar-refractivity contribution is 7.89. The number of nitrogens with zero attached hydrogens (tertiary/aromatic N) is 2. The van der Waals surface area contributed by atoms with Crippen molar-refractivity contribution < 1.29 is 17.9 Å². The summed E-state index contributed by atoms with van der Waals surface area (Å²) in [6.07, 6.45) is 1.26. The van der Waals surface area contributed by atoms with Crippen LogP contribution in [0.2, 0.25) is 0 Å². The highest BCUT2D eigenvalue weighted by Crippen LogP contribution is 2.12. The molecule has 1 heterocycles. The van der Waals surface area contributed by atoms with E-state index in [2.05, 4.69) is 15.0 Å². The zero-order valence-corrected chi connectivity index (χ0v) is 17.2. The molecule has 1 aliphatic heterocycles. The van der Waals surface area contributed by atoms with Gasteiger partial charge in [0.05, 0.1) is 18.0 Å². The van der Waals surface area contributed by atoms with Crippen molar-refractivity contribution in [2.24, 2.45) is 10.7 Å². The topological polar surface area (TPSA) is 126 Å². The summed E-state index contributed by atoms with van der Waals surface area (Å²) < 4.78 is 31.3. The van der Waals surface area contributed by atoms with Gasteiger partial charge in [-0.05, 0) is 37.5 Å². The number of nitrogens with one attached hydrogen (secondary N) is 2. The molecule has 28 heavy (non-hydrogen) atoms. The monoisotopic (exact) mass is 411 g/mol. The first-order chi connectivity index (χ1) is 13.4. The average Bonchev–Trinajstić information content (AvgIpc) is 2.67. The maximum absolute atomic E-state index is 11.9. The lowest BCUT2D eigenvalue weighted by atomic mass is 10.1. The molecule has 9 nitrogen and oxygen atoms in total. The van der Waals surface area contributed by atoms with E-state index < -0.39 is 10.0 Å². The molecule has 2 rings (SSSR count). The predicted octanol–water partition coefficient (Wildman–Crippen LogP) is 1.01. The van der Waals surface area contributed by atoms with Gasteiger partial charge in [0.15, 0.2) is 5.96 Å². The third-order valence-corrected chi connectivity index (χ3v) is 5.93. The minimum absolute atomic E-state index is 0.155. The van der Waals surface area contributed by atoms with Crippen molar-refractivity contribution >= 4 is 22.1 Å². The molecular weight excluding hydrogens is 382 g/mol. The molecule has 0 saturated carbocycles. The number of nitrogens with two attached hydrogens (primary N) is 1. The lowest BCUT2D eigenvalue weighted by molar-refractivity contribution is 0.0963. The summed E-state index contributed by atoms with van der Waals surface area (Å²) in [5, 5.41) is 3.18. The summed E-state index contributed by atoms with van der Waals surface area (Å²) >= 11 is 0. The first-order valence-electron chi connectivity index (χ1n) is 9.42. The molecule has 10 heteroatoms. The summed E-state index contributed by atoms with van der Waals surface area (Å²) in [6, 6.07) is 6.70. The Balaban J connectivity index is 1.82. The second-order valence-corrected chi connectivity index (χ2v) is 8.22. The van der Waals surface area contributed by atoms with Crippen molar-refractivity contribution in [3.8, 4) is 0 Å². The second-order valence-electron chi connectivity index (χ2n) is 6.45. The van der Waals surface area contributed by atoms with Crippen molar-refractivity contribution in [1.82, 2.24) is 14.9 Å². The first-order valence-corrected chi connectivity index (χ1v) is 10.9. The number of aliphatic imine (C=N–C) groups is 1. The molecule has 1 saturated heterocycles. The number of amides is 1. The van der Waals surface area contributed by atoms with Crippen LogP contribution in [0.5, 0.6) is 0 Å². The number of hydrogen-bond donors (Lipinski definition) is 3. The molecule has 1 aromatic carbocycles. The number of ether oxygens (including phenoxy) is 1. The molecule has 1 aromatic rings. The van der Waals surface area contributed by atoms with E-state index in [9.17, 15) is 13.2 Å². The molecule has 0 radical (unpaired) electrons. The van der Waals surface area contributed by atoms with Crippen molar-refractivity contribution in [2.75, 3.05) is 26.2 Å². The number of piperidine rings is 1. The fourth-order valence-corrected chi connectivity index (χ4v) is 3.94. The van der Waals surface area contributed by atoms with Gasteiger partial charge in [-0.15, -0.1) is 0 Å². The molecule has 1 fully saturated rings. The lowest BCUT2D eigenvalue weighted by Crippen LogP contribution is -2.48. The van der Waals surface area contributed by atoms with Gasteiger partial charge in [0.1, 0.15) is 0 Å². The third kappa shape index (κ3) is 6.38. The highest BCUT2D eigenvalue weighted by Gasteiger charge is 2.23. The van der Waals surface area contributed by atoms with Gasteiger partial charge in [0.2, 0.25) is 10.0 Å². The van der Waals surface area contributed by atoms with Crippen molar-refractivity contribution in [1.29, 1.82) is 0 Å². The SMILES string of the molecule is CCNS(=O)(=O)c1ccc(CN=C(N)NC2CCN(C(=O)OCC)CC2)cc1. The lowest BCUT2D eigenvalue weighted by Gasteiger charge is -2.31. The Morgan fingerprint density at radius 3 is 2.46 bits per heavy atom. The van der Waals surface area contributed by atoms with Crippen LogP contribution < -0.4 is 15.8 Å². The van der Waals surface area contributed by atoms with Crippen molar-refractivity contribution in [2.45, 2.75) is 44.2 Å². The first kappa shape index (κ1) is 22.0. The minimum atomic E-state index is -3.45. The van der Waals surface area contributed by atoms with Gasteiger partial charge in [-0.25, -0.2) is 22.9 Å². The third-order valence-electron chi connectivity index (χ3n) is 4.37. The van der Waals surface area contributed by atoms with E-state index in [-0.39, 0.29) is 17.0 Å². The fourth-order valence-electron chi connectivity index (χ4n) is 2.90. The molecule has 4 N–H and O–H groups in total. The van der Waals surface area contributed by atoms with E-state index in [0.29, 0.717) is 38.7 Å². The second kappa shape index (κ2) is 10.3. The Morgan fingerprint density at radius 1 is 1.25 bits per heavy atom. The van der Waals surface area contributed by atoms with Gasteiger partial charge in [-0.2, -0.15) is 0 Å². The molecule has 0 spiro atoms. The maximum Gasteiger partial charge on any atom is 0.409 e. The number of hydrogen-bond acceptors (Lipinski definition) is 5. The molecule has 0 bridgehead atoms. The number of rotatable bonds is 7. The van der Waals surface area contributed by atoms with Crippen molar-refractivity contribution in [3.05, 3.63) is 29.8 Å². The van der Waals surface area contributed by atoms with Crippen LogP contribution in [0.15, 0.2) is 34.2 Å².